The Bertz CT molecular complexity index is 2000. The smallest absolute Gasteiger partial charge is 0.317 e. The van der Waals surface area contributed by atoms with Crippen LogP contribution in [0.1, 0.15) is 105 Å². The Kier molecular flexibility index (Phi) is 10.2. The van der Waals surface area contributed by atoms with E-state index in [9.17, 15) is 9.90 Å². The molecule has 4 aromatic rings. The van der Waals surface area contributed by atoms with Crippen LogP contribution in [0.3, 0.4) is 0 Å². The van der Waals surface area contributed by atoms with Crippen LogP contribution >= 0.6 is 0 Å². The van der Waals surface area contributed by atoms with E-state index in [0.29, 0.717) is 53.4 Å². The lowest BCUT2D eigenvalue weighted by Gasteiger charge is -2.54. The first kappa shape index (κ1) is 36.9. The number of rotatable bonds is 10. The number of piperidine rings is 1. The molecule has 1 spiro atoms. The number of nitrogens with zero attached hydrogens (tertiary/aromatic N) is 6. The summed E-state index contributed by atoms with van der Waals surface area (Å²) in [7, 11) is 0. The fraction of sp³-hybridized carbons (Fsp3) is 0.524. The quantitative estimate of drug-likeness (QED) is 0.139. The first-order chi connectivity index (χ1) is 26.6. The number of aromatic hydroxyl groups is 1. The van der Waals surface area contributed by atoms with Crippen LogP contribution in [-0.2, 0) is 22.5 Å². The van der Waals surface area contributed by atoms with Gasteiger partial charge in [-0.15, -0.1) is 0 Å². The van der Waals surface area contributed by atoms with Crippen molar-refractivity contribution in [2.45, 2.75) is 90.1 Å². The molecule has 4 aliphatic rings. The van der Waals surface area contributed by atoms with Gasteiger partial charge in [-0.2, -0.15) is 0 Å². The number of aromatic nitrogens is 4. The number of nitrogens with one attached hydrogen (secondary N) is 1. The molecule has 3 aromatic heterocycles. The van der Waals surface area contributed by atoms with Crippen molar-refractivity contribution in [2.24, 2.45) is 17.1 Å². The standard InChI is InChI=1S/C42H55N9O4/c1-4-54-40(53)38(26(2)3)36-20-37(48-55-36)51-24-42(25-51)14-9-29(10-15-42)49-16-11-27(12-17-49)28-21-45-41(46-22-28)50-18-13-34-32(23-50)31(39(44)47-34)19-33(43)30-7-5-6-8-35(30)52/h5-8,19-22,26-27,29,38,47,52H,4,9-18,23-25,43-44H2,1-3H3/b33-19-. The van der Waals surface area contributed by atoms with E-state index in [4.69, 9.17) is 30.7 Å². The van der Waals surface area contributed by atoms with Crippen molar-refractivity contribution in [3.63, 3.8) is 0 Å². The zero-order valence-electron chi connectivity index (χ0n) is 32.3. The van der Waals surface area contributed by atoms with E-state index in [1.807, 2.05) is 51.4 Å². The van der Waals surface area contributed by atoms with Crippen molar-refractivity contribution in [3.8, 4) is 5.75 Å². The third-order valence-electron chi connectivity index (χ3n) is 12.6. The Hall–Kier alpha value is -5.04. The van der Waals surface area contributed by atoms with Gasteiger partial charge in [0.25, 0.3) is 0 Å². The molecule has 0 bridgehead atoms. The number of likely N-dealkylation sites (tertiary alicyclic amines) is 1. The van der Waals surface area contributed by atoms with Crippen LogP contribution in [0.2, 0.25) is 0 Å². The SMILES string of the molecule is CCOC(=O)C(c1cc(N2CC3(CCC(N4CCC(c5cnc(N6CCc7[nH]c(N)c(/C=C(\N)c8ccccc8O)c7C6)nc5)CC4)CC3)C2)no1)C(C)C. The van der Waals surface area contributed by atoms with Crippen molar-refractivity contribution in [3.05, 3.63) is 76.4 Å². The zero-order valence-corrected chi connectivity index (χ0v) is 32.3. The number of phenols is 1. The van der Waals surface area contributed by atoms with E-state index in [0.717, 1.165) is 80.6 Å². The lowest BCUT2D eigenvalue weighted by Crippen LogP contribution is -2.59. The lowest BCUT2D eigenvalue weighted by atomic mass is 9.67. The Labute approximate surface area is 323 Å². The number of nitrogen functional groups attached to an aromatic ring is 1. The molecule has 6 heterocycles. The fourth-order valence-corrected chi connectivity index (χ4v) is 9.48. The Morgan fingerprint density at radius 1 is 1.09 bits per heavy atom. The Balaban J connectivity index is 0.815. The van der Waals surface area contributed by atoms with Crippen molar-refractivity contribution in [2.75, 3.05) is 54.9 Å². The van der Waals surface area contributed by atoms with Gasteiger partial charge in [0.2, 0.25) is 5.95 Å². The second kappa shape index (κ2) is 15.2. The minimum absolute atomic E-state index is 0.0696. The molecule has 6 N–H and O–H groups in total. The van der Waals surface area contributed by atoms with E-state index in [1.165, 1.54) is 31.2 Å². The minimum Gasteiger partial charge on any atom is -0.507 e. The summed E-state index contributed by atoms with van der Waals surface area (Å²) in [4.78, 5) is 32.9. The molecular weight excluding hydrogens is 695 g/mol. The average molecular weight is 750 g/mol. The molecule has 2 saturated heterocycles. The number of carbonyl (C=O) groups is 1. The first-order valence-electron chi connectivity index (χ1n) is 20.0. The summed E-state index contributed by atoms with van der Waals surface area (Å²) in [6, 6.07) is 9.64. The minimum atomic E-state index is -0.431. The Morgan fingerprint density at radius 2 is 1.82 bits per heavy atom. The zero-order chi connectivity index (χ0) is 38.3. The summed E-state index contributed by atoms with van der Waals surface area (Å²) >= 11 is 0. The maximum atomic E-state index is 12.6. The molecule has 292 valence electrons. The molecular formula is C42H55N9O4. The number of benzene rings is 1. The topological polar surface area (TPSA) is 176 Å². The lowest BCUT2D eigenvalue weighted by molar-refractivity contribution is -0.146. The third kappa shape index (κ3) is 7.38. The van der Waals surface area contributed by atoms with E-state index in [1.54, 1.807) is 18.2 Å². The fourth-order valence-electron chi connectivity index (χ4n) is 9.48. The molecule has 3 aliphatic heterocycles. The van der Waals surface area contributed by atoms with Gasteiger partial charge in [-0.05, 0) is 94.1 Å². The highest BCUT2D eigenvalue weighted by Crippen LogP contribution is 2.47. The van der Waals surface area contributed by atoms with Gasteiger partial charge >= 0.3 is 5.97 Å². The van der Waals surface area contributed by atoms with Crippen molar-refractivity contribution >= 4 is 35.3 Å². The van der Waals surface area contributed by atoms with Crippen LogP contribution in [0.25, 0.3) is 11.8 Å². The summed E-state index contributed by atoms with van der Waals surface area (Å²) in [5.74, 6) is 2.73. The number of carbonyl (C=O) groups excluding carboxylic acids is 1. The number of phenolic OH excluding ortho intramolecular Hbond substituents is 1. The van der Waals surface area contributed by atoms with Gasteiger partial charge in [0.15, 0.2) is 11.6 Å². The number of aromatic amines is 1. The molecule has 0 radical (unpaired) electrons. The summed E-state index contributed by atoms with van der Waals surface area (Å²) < 4.78 is 11.0. The average Bonchev–Trinajstić information content (AvgIpc) is 3.77. The van der Waals surface area contributed by atoms with Gasteiger partial charge in [-0.1, -0.05) is 31.1 Å². The number of fused-ring (bicyclic) bond motifs is 1. The number of H-pyrrole nitrogens is 1. The maximum absolute atomic E-state index is 12.6. The highest BCUT2D eigenvalue weighted by atomic mass is 16.5. The van der Waals surface area contributed by atoms with Crippen LogP contribution in [0.4, 0.5) is 17.6 Å². The predicted molar refractivity (Wildman–Crippen MR) is 213 cm³/mol. The molecule has 3 fully saturated rings. The van der Waals surface area contributed by atoms with Crippen LogP contribution in [-0.4, -0.2) is 81.5 Å². The van der Waals surface area contributed by atoms with Crippen molar-refractivity contribution in [1.82, 2.24) is 25.0 Å². The Morgan fingerprint density at radius 3 is 2.51 bits per heavy atom. The summed E-state index contributed by atoms with van der Waals surface area (Å²) in [5, 5.41) is 14.7. The van der Waals surface area contributed by atoms with Gasteiger partial charge in [0, 0.05) is 90.6 Å². The molecule has 1 aliphatic carbocycles. The van der Waals surface area contributed by atoms with Crippen molar-refractivity contribution in [1.29, 1.82) is 0 Å². The van der Waals surface area contributed by atoms with E-state index in [-0.39, 0.29) is 17.6 Å². The third-order valence-corrected chi connectivity index (χ3v) is 12.6. The van der Waals surface area contributed by atoms with E-state index < -0.39 is 5.92 Å². The van der Waals surface area contributed by atoms with E-state index >= 15 is 0 Å². The molecule has 8 rings (SSSR count). The van der Waals surface area contributed by atoms with Crippen LogP contribution in [0.5, 0.6) is 5.75 Å². The molecule has 13 nitrogen and oxygen atoms in total. The highest BCUT2D eigenvalue weighted by molar-refractivity contribution is 5.86. The molecule has 1 aromatic carbocycles. The highest BCUT2D eigenvalue weighted by Gasteiger charge is 2.47. The summed E-state index contributed by atoms with van der Waals surface area (Å²) in [5.41, 5.74) is 18.5. The first-order valence-corrected chi connectivity index (χ1v) is 20.0. The van der Waals surface area contributed by atoms with Crippen LogP contribution in [0, 0.1) is 11.3 Å². The number of nitrogens with two attached hydrogens (primary N) is 2. The maximum Gasteiger partial charge on any atom is 0.317 e. The monoisotopic (exact) mass is 749 g/mol. The normalized spacial score (nSPS) is 20.1. The van der Waals surface area contributed by atoms with Gasteiger partial charge < -0.3 is 45.5 Å². The predicted octanol–water partition coefficient (Wildman–Crippen LogP) is 6.03. The summed E-state index contributed by atoms with van der Waals surface area (Å²) in [6.45, 7) is 11.8. The molecule has 13 heteroatoms. The largest absolute Gasteiger partial charge is 0.507 e. The van der Waals surface area contributed by atoms with E-state index in [2.05, 4.69) is 24.8 Å². The molecule has 1 unspecified atom stereocenters. The number of hydrogen-bond donors (Lipinski definition) is 4. The number of hydrogen-bond acceptors (Lipinski definition) is 12. The van der Waals surface area contributed by atoms with Crippen LogP contribution < -0.4 is 21.3 Å². The summed E-state index contributed by atoms with van der Waals surface area (Å²) in [6.07, 6.45) is 13.9. The molecule has 0 amide bonds. The van der Waals surface area contributed by atoms with Gasteiger partial charge in [0.05, 0.1) is 6.61 Å². The number of ether oxygens (including phenoxy) is 1. The van der Waals surface area contributed by atoms with Crippen molar-refractivity contribution < 1.29 is 19.2 Å². The van der Waals surface area contributed by atoms with Gasteiger partial charge in [0.1, 0.15) is 17.5 Å². The molecule has 55 heavy (non-hydrogen) atoms. The second-order valence-corrected chi connectivity index (χ2v) is 16.5. The van der Waals surface area contributed by atoms with Gasteiger partial charge in [-0.25, -0.2) is 9.97 Å². The number of esters is 1. The number of para-hydroxylation sites is 1. The molecule has 1 atom stereocenters. The van der Waals surface area contributed by atoms with Gasteiger partial charge in [-0.3, -0.25) is 4.79 Å². The molecule has 1 saturated carbocycles. The second-order valence-electron chi connectivity index (χ2n) is 16.5. The number of anilines is 3. The van der Waals surface area contributed by atoms with Crippen LogP contribution in [0.15, 0.2) is 47.2 Å².